The Hall–Kier alpha value is -3.43. The van der Waals surface area contributed by atoms with Crippen LogP contribution in [-0.2, 0) is 0 Å². The third kappa shape index (κ3) is 5.05. The standard InChI is InChI=1S/C27H29ClN6/c1-4-5-16-33(17-8-15-29)21-13-11-20(12-14-21)30-25-23(22-9-6-7-10-24(22)28)18-34-27(25)31-26(32-34)19(2)3/h6-7,9-14,18-19H,4-5,8,16-17H2,1-3H3/b30-25-. The summed E-state index contributed by atoms with van der Waals surface area (Å²) in [5.74, 6) is 1.73. The number of anilines is 1. The minimum atomic E-state index is 0.221. The molecule has 0 atom stereocenters. The van der Waals surface area contributed by atoms with Gasteiger partial charge in [0.15, 0.2) is 11.6 Å². The van der Waals surface area contributed by atoms with E-state index in [2.05, 4.69) is 49.0 Å². The summed E-state index contributed by atoms with van der Waals surface area (Å²) in [4.78, 5) is 12.0. The van der Waals surface area contributed by atoms with Gasteiger partial charge in [-0.2, -0.15) is 10.4 Å². The van der Waals surface area contributed by atoms with Crippen molar-refractivity contribution in [2.75, 3.05) is 18.0 Å². The number of nitrogens with zero attached hydrogens (tertiary/aromatic N) is 6. The predicted octanol–water partition coefficient (Wildman–Crippen LogP) is 6.71. The van der Waals surface area contributed by atoms with Crippen LogP contribution in [-0.4, -0.2) is 33.6 Å². The minimum Gasteiger partial charge on any atom is -0.371 e. The van der Waals surface area contributed by atoms with Crippen LogP contribution in [0.5, 0.6) is 0 Å². The number of benzene rings is 2. The van der Waals surface area contributed by atoms with Crippen molar-refractivity contribution in [1.82, 2.24) is 14.8 Å². The largest absolute Gasteiger partial charge is 0.371 e. The van der Waals surface area contributed by atoms with Gasteiger partial charge in [0.2, 0.25) is 0 Å². The molecule has 0 N–H and O–H groups in total. The van der Waals surface area contributed by atoms with Crippen LogP contribution in [0.2, 0.25) is 5.02 Å². The number of allylic oxidation sites excluding steroid dienone is 1. The summed E-state index contributed by atoms with van der Waals surface area (Å²) in [6.45, 7) is 8.00. The summed E-state index contributed by atoms with van der Waals surface area (Å²) in [6, 6.07) is 18.2. The summed E-state index contributed by atoms with van der Waals surface area (Å²) >= 11 is 6.53. The highest BCUT2D eigenvalue weighted by Crippen LogP contribution is 2.34. The van der Waals surface area contributed by atoms with Crippen LogP contribution in [0.1, 0.15) is 63.2 Å². The first-order valence-corrected chi connectivity index (χ1v) is 12.1. The number of nitriles is 1. The average molecular weight is 473 g/mol. The van der Waals surface area contributed by atoms with Crippen LogP contribution in [0.15, 0.2) is 53.5 Å². The topological polar surface area (TPSA) is 70.1 Å². The highest BCUT2D eigenvalue weighted by atomic mass is 35.5. The van der Waals surface area contributed by atoms with E-state index in [0.717, 1.165) is 65.8 Å². The van der Waals surface area contributed by atoms with Gasteiger partial charge < -0.3 is 4.90 Å². The molecule has 1 aromatic heterocycles. The van der Waals surface area contributed by atoms with Gasteiger partial charge in [0, 0.05) is 47.1 Å². The van der Waals surface area contributed by atoms with Gasteiger partial charge in [-0.1, -0.05) is 57.0 Å². The van der Waals surface area contributed by atoms with Gasteiger partial charge in [0.1, 0.15) is 5.71 Å². The average Bonchev–Trinajstić information content (AvgIpc) is 3.40. The molecule has 0 saturated carbocycles. The second-order valence-corrected chi connectivity index (χ2v) is 9.05. The molecule has 34 heavy (non-hydrogen) atoms. The Bertz CT molecular complexity index is 1250. The Morgan fingerprint density at radius 3 is 2.56 bits per heavy atom. The molecule has 4 rings (SSSR count). The van der Waals surface area contributed by atoms with Crippen LogP contribution >= 0.6 is 11.6 Å². The quantitative estimate of drug-likeness (QED) is 0.347. The summed E-state index contributed by atoms with van der Waals surface area (Å²) < 4.78 is 1.80. The van der Waals surface area contributed by atoms with Crippen molar-refractivity contribution >= 4 is 40.5 Å². The van der Waals surface area contributed by atoms with E-state index in [4.69, 9.17) is 26.8 Å². The maximum absolute atomic E-state index is 9.02. The molecule has 174 valence electrons. The summed E-state index contributed by atoms with van der Waals surface area (Å²) in [6.07, 6.45) is 4.67. The number of unbranched alkanes of at least 4 members (excludes halogenated alkanes) is 1. The van der Waals surface area contributed by atoms with Gasteiger partial charge in [0.25, 0.3) is 0 Å². The van der Waals surface area contributed by atoms with E-state index in [1.54, 1.807) is 4.68 Å². The summed E-state index contributed by atoms with van der Waals surface area (Å²) in [5, 5.41) is 14.3. The van der Waals surface area contributed by atoms with Gasteiger partial charge in [0.05, 0.1) is 18.2 Å². The molecule has 0 bridgehead atoms. The fourth-order valence-corrected chi connectivity index (χ4v) is 4.14. The maximum atomic E-state index is 9.02. The lowest BCUT2D eigenvalue weighted by Crippen LogP contribution is -2.25. The van der Waals surface area contributed by atoms with Crippen molar-refractivity contribution in [2.45, 2.75) is 46.0 Å². The lowest BCUT2D eigenvalue weighted by atomic mass is 10.0. The van der Waals surface area contributed by atoms with E-state index >= 15 is 0 Å². The molecule has 6 nitrogen and oxygen atoms in total. The molecule has 0 unspecified atom stereocenters. The van der Waals surface area contributed by atoms with E-state index in [-0.39, 0.29) is 5.92 Å². The molecule has 0 amide bonds. The molecule has 0 radical (unpaired) electrons. The van der Waals surface area contributed by atoms with Crippen molar-refractivity contribution in [3.63, 3.8) is 0 Å². The fourth-order valence-electron chi connectivity index (χ4n) is 3.90. The number of halogens is 1. The minimum absolute atomic E-state index is 0.221. The monoisotopic (exact) mass is 472 g/mol. The Morgan fingerprint density at radius 2 is 1.88 bits per heavy atom. The van der Waals surface area contributed by atoms with E-state index in [1.807, 2.05) is 42.6 Å². The Labute approximate surface area is 206 Å². The molecular weight excluding hydrogens is 444 g/mol. The molecule has 0 aliphatic carbocycles. The molecule has 2 heterocycles. The lowest BCUT2D eigenvalue weighted by Gasteiger charge is -2.23. The highest BCUT2D eigenvalue weighted by molar-refractivity contribution is 6.40. The van der Waals surface area contributed by atoms with Crippen molar-refractivity contribution in [2.24, 2.45) is 4.99 Å². The van der Waals surface area contributed by atoms with Crippen molar-refractivity contribution in [3.05, 3.63) is 70.8 Å². The van der Waals surface area contributed by atoms with E-state index in [1.165, 1.54) is 0 Å². The maximum Gasteiger partial charge on any atom is 0.182 e. The fraction of sp³-hybridized carbons (Fsp3) is 0.333. The second kappa shape index (κ2) is 10.7. The van der Waals surface area contributed by atoms with Crippen LogP contribution in [0, 0.1) is 11.3 Å². The number of aliphatic imine (C=N–C) groups is 1. The predicted molar refractivity (Wildman–Crippen MR) is 140 cm³/mol. The van der Waals surface area contributed by atoms with Crippen molar-refractivity contribution in [3.8, 4) is 6.07 Å². The van der Waals surface area contributed by atoms with Crippen LogP contribution in [0.4, 0.5) is 11.4 Å². The Morgan fingerprint density at radius 1 is 1.12 bits per heavy atom. The molecule has 1 aliphatic rings. The number of aromatic nitrogens is 3. The first-order valence-electron chi connectivity index (χ1n) is 11.8. The number of hydrogen-bond acceptors (Lipinski definition) is 5. The number of hydrogen-bond donors (Lipinski definition) is 0. The van der Waals surface area contributed by atoms with Crippen molar-refractivity contribution in [1.29, 1.82) is 5.26 Å². The van der Waals surface area contributed by atoms with Gasteiger partial charge in [-0.05, 0) is 36.8 Å². The lowest BCUT2D eigenvalue weighted by molar-refractivity contribution is 0.718. The van der Waals surface area contributed by atoms with Crippen LogP contribution in [0.3, 0.4) is 0 Å². The smallest absolute Gasteiger partial charge is 0.182 e. The summed E-state index contributed by atoms with van der Waals surface area (Å²) in [5.41, 5.74) is 4.49. The molecule has 7 heteroatoms. The van der Waals surface area contributed by atoms with Gasteiger partial charge in [-0.15, -0.1) is 0 Å². The first-order chi connectivity index (χ1) is 16.5. The first kappa shape index (κ1) is 23.7. The van der Waals surface area contributed by atoms with Gasteiger partial charge in [-0.25, -0.2) is 14.7 Å². The normalized spacial score (nSPS) is 13.8. The third-order valence-corrected chi connectivity index (χ3v) is 6.11. The third-order valence-electron chi connectivity index (χ3n) is 5.78. The second-order valence-electron chi connectivity index (χ2n) is 8.64. The zero-order valence-electron chi connectivity index (χ0n) is 19.9. The van der Waals surface area contributed by atoms with Crippen LogP contribution in [0.25, 0.3) is 11.8 Å². The van der Waals surface area contributed by atoms with Crippen molar-refractivity contribution < 1.29 is 0 Å². The number of rotatable bonds is 9. The molecule has 3 aromatic rings. The Kier molecular flexibility index (Phi) is 7.44. The van der Waals surface area contributed by atoms with E-state index in [9.17, 15) is 0 Å². The SMILES string of the molecule is CCCCN(CCC#N)c1ccc(/N=C2/C(c3ccccc3Cl)=Cn3nc(C(C)C)nc32)cc1. The van der Waals surface area contributed by atoms with E-state index < -0.39 is 0 Å². The zero-order valence-corrected chi connectivity index (χ0v) is 20.6. The molecule has 0 saturated heterocycles. The molecule has 2 aromatic carbocycles. The zero-order chi connectivity index (χ0) is 24.1. The Balaban J connectivity index is 1.70. The number of fused-ring (bicyclic) bond motifs is 1. The molecule has 0 fully saturated rings. The van der Waals surface area contributed by atoms with Crippen LogP contribution < -0.4 is 4.90 Å². The molecular formula is C27H29ClN6. The molecule has 0 spiro atoms. The van der Waals surface area contributed by atoms with Gasteiger partial charge in [-0.3, -0.25) is 0 Å². The summed E-state index contributed by atoms with van der Waals surface area (Å²) in [7, 11) is 0. The molecule has 1 aliphatic heterocycles. The van der Waals surface area contributed by atoms with Gasteiger partial charge >= 0.3 is 0 Å². The van der Waals surface area contributed by atoms with E-state index in [0.29, 0.717) is 11.4 Å². The highest BCUT2D eigenvalue weighted by Gasteiger charge is 2.28.